The van der Waals surface area contributed by atoms with Crippen LogP contribution in [0.4, 0.5) is 0 Å². The van der Waals surface area contributed by atoms with Crippen LogP contribution < -0.4 is 5.32 Å². The van der Waals surface area contributed by atoms with E-state index in [1.807, 2.05) is 29.3 Å². The first-order valence-electron chi connectivity index (χ1n) is 6.64. The molecule has 0 fully saturated rings. The molecule has 0 spiro atoms. The van der Waals surface area contributed by atoms with E-state index in [1.165, 1.54) is 20.4 Å². The Morgan fingerprint density at radius 1 is 1.53 bits per heavy atom. The average Bonchev–Trinajstić information content (AvgIpc) is 2.99. The molecule has 104 valence electrons. The van der Waals surface area contributed by atoms with Crippen molar-refractivity contribution in [2.24, 2.45) is 7.05 Å². The summed E-state index contributed by atoms with van der Waals surface area (Å²) in [6.07, 6.45) is 7.44. The van der Waals surface area contributed by atoms with E-state index in [-0.39, 0.29) is 0 Å². The highest BCUT2D eigenvalue weighted by Crippen LogP contribution is 2.25. The molecule has 2 aromatic rings. The third-order valence-corrected chi connectivity index (χ3v) is 4.92. The van der Waals surface area contributed by atoms with E-state index in [0.717, 1.165) is 19.4 Å². The van der Waals surface area contributed by atoms with Crippen molar-refractivity contribution in [1.29, 1.82) is 0 Å². The van der Waals surface area contributed by atoms with Crippen LogP contribution >= 0.6 is 33.9 Å². The first-order chi connectivity index (χ1) is 9.19. The van der Waals surface area contributed by atoms with Crippen LogP contribution in [0.15, 0.2) is 23.8 Å². The molecule has 0 saturated carbocycles. The second-order valence-electron chi connectivity index (χ2n) is 4.75. The maximum Gasteiger partial charge on any atom is 0.0656 e. The van der Waals surface area contributed by atoms with Crippen molar-refractivity contribution in [3.63, 3.8) is 0 Å². The van der Waals surface area contributed by atoms with E-state index in [2.05, 4.69) is 57.6 Å². The third kappa shape index (κ3) is 4.57. The minimum Gasteiger partial charge on any atom is -0.310 e. The molecular weight excluding hydrogens is 369 g/mol. The van der Waals surface area contributed by atoms with Crippen molar-refractivity contribution in [2.45, 2.75) is 32.2 Å². The van der Waals surface area contributed by atoms with Crippen LogP contribution in [0.1, 0.15) is 36.9 Å². The lowest BCUT2D eigenvalue weighted by Gasteiger charge is -2.17. The first-order valence-corrected chi connectivity index (χ1v) is 8.59. The molecule has 0 saturated heterocycles. The van der Waals surface area contributed by atoms with Gasteiger partial charge in [0.25, 0.3) is 0 Å². The van der Waals surface area contributed by atoms with Crippen molar-refractivity contribution in [2.75, 3.05) is 6.54 Å². The average molecular weight is 389 g/mol. The molecule has 19 heavy (non-hydrogen) atoms. The van der Waals surface area contributed by atoms with Gasteiger partial charge in [-0.15, -0.1) is 11.3 Å². The Balaban J connectivity index is 1.97. The molecule has 0 aliphatic heterocycles. The number of thiophene rings is 1. The standard InChI is InChI=1S/C14H20IN3S/c1-3-6-16-13(12-7-14(15)19-10-12)5-4-11-8-17-18(2)9-11/h7-10,13,16H,3-6H2,1-2H3. The number of rotatable bonds is 7. The van der Waals surface area contributed by atoms with Crippen molar-refractivity contribution >= 4 is 33.9 Å². The van der Waals surface area contributed by atoms with Gasteiger partial charge in [-0.25, -0.2) is 0 Å². The van der Waals surface area contributed by atoms with Gasteiger partial charge in [0.05, 0.1) is 9.08 Å². The lowest BCUT2D eigenvalue weighted by atomic mass is 10.0. The van der Waals surface area contributed by atoms with Gasteiger partial charge in [-0.1, -0.05) is 6.92 Å². The number of hydrogen-bond donors (Lipinski definition) is 1. The van der Waals surface area contributed by atoms with E-state index in [0.29, 0.717) is 6.04 Å². The van der Waals surface area contributed by atoms with Crippen LogP contribution in [-0.4, -0.2) is 16.3 Å². The van der Waals surface area contributed by atoms with Gasteiger partial charge in [-0.2, -0.15) is 5.10 Å². The zero-order chi connectivity index (χ0) is 13.7. The van der Waals surface area contributed by atoms with E-state index in [4.69, 9.17) is 0 Å². The third-order valence-electron chi connectivity index (χ3n) is 3.11. The molecule has 1 N–H and O–H groups in total. The first kappa shape index (κ1) is 15.0. The summed E-state index contributed by atoms with van der Waals surface area (Å²) < 4.78 is 3.23. The minimum atomic E-state index is 0.458. The van der Waals surface area contributed by atoms with E-state index in [1.54, 1.807) is 0 Å². The van der Waals surface area contributed by atoms with Crippen molar-refractivity contribution in [1.82, 2.24) is 15.1 Å². The van der Waals surface area contributed by atoms with Crippen LogP contribution in [0.2, 0.25) is 0 Å². The van der Waals surface area contributed by atoms with Gasteiger partial charge in [-0.3, -0.25) is 4.68 Å². The number of halogens is 1. The van der Waals surface area contributed by atoms with Crippen LogP contribution in [0.25, 0.3) is 0 Å². The highest BCUT2D eigenvalue weighted by molar-refractivity contribution is 14.1. The topological polar surface area (TPSA) is 29.9 Å². The molecule has 0 bridgehead atoms. The minimum absolute atomic E-state index is 0.458. The summed E-state index contributed by atoms with van der Waals surface area (Å²) in [5.41, 5.74) is 2.74. The number of nitrogens with zero attached hydrogens (tertiary/aromatic N) is 2. The molecule has 2 aromatic heterocycles. The fourth-order valence-electron chi connectivity index (χ4n) is 2.12. The Labute approximate surface area is 132 Å². The molecule has 0 aliphatic carbocycles. The number of aryl methyl sites for hydroxylation is 2. The van der Waals surface area contributed by atoms with Crippen LogP contribution in [-0.2, 0) is 13.5 Å². The Hall–Kier alpha value is -0.400. The largest absolute Gasteiger partial charge is 0.310 e. The maximum atomic E-state index is 4.23. The molecule has 2 heterocycles. The van der Waals surface area contributed by atoms with Crippen molar-refractivity contribution in [3.05, 3.63) is 37.9 Å². The highest BCUT2D eigenvalue weighted by Gasteiger charge is 2.12. The smallest absolute Gasteiger partial charge is 0.0656 e. The lowest BCUT2D eigenvalue weighted by Crippen LogP contribution is -2.22. The van der Waals surface area contributed by atoms with Gasteiger partial charge in [0.2, 0.25) is 0 Å². The summed E-state index contributed by atoms with van der Waals surface area (Å²) >= 11 is 4.21. The van der Waals surface area contributed by atoms with Crippen LogP contribution in [0.5, 0.6) is 0 Å². The molecule has 0 amide bonds. The quantitative estimate of drug-likeness (QED) is 0.731. The van der Waals surface area contributed by atoms with Crippen molar-refractivity contribution < 1.29 is 0 Å². The van der Waals surface area contributed by atoms with E-state index in [9.17, 15) is 0 Å². The van der Waals surface area contributed by atoms with Gasteiger partial charge in [0.1, 0.15) is 0 Å². The summed E-state index contributed by atoms with van der Waals surface area (Å²) in [7, 11) is 1.97. The fraction of sp³-hybridized carbons (Fsp3) is 0.500. The predicted octanol–water partition coefficient (Wildman–Crippen LogP) is 3.76. The molecule has 1 unspecified atom stereocenters. The summed E-state index contributed by atoms with van der Waals surface area (Å²) in [6, 6.07) is 2.75. The van der Waals surface area contributed by atoms with Gasteiger partial charge in [-0.05, 0) is 71.0 Å². The SMILES string of the molecule is CCCNC(CCc1cnn(C)c1)c1csc(I)c1. The summed E-state index contributed by atoms with van der Waals surface area (Å²) in [6.45, 7) is 3.28. The normalized spacial score (nSPS) is 12.8. The monoisotopic (exact) mass is 389 g/mol. The predicted molar refractivity (Wildman–Crippen MR) is 89.6 cm³/mol. The molecule has 2 rings (SSSR count). The second kappa shape index (κ2) is 7.40. The summed E-state index contributed by atoms with van der Waals surface area (Å²) in [4.78, 5) is 0. The van der Waals surface area contributed by atoms with E-state index < -0.39 is 0 Å². The van der Waals surface area contributed by atoms with Gasteiger partial charge < -0.3 is 5.32 Å². The van der Waals surface area contributed by atoms with E-state index >= 15 is 0 Å². The zero-order valence-corrected chi connectivity index (χ0v) is 14.4. The number of aromatic nitrogens is 2. The van der Waals surface area contributed by atoms with Gasteiger partial charge >= 0.3 is 0 Å². The molecule has 5 heteroatoms. The summed E-state index contributed by atoms with van der Waals surface area (Å²) in [5.74, 6) is 0. The second-order valence-corrected chi connectivity index (χ2v) is 7.56. The molecule has 0 radical (unpaired) electrons. The zero-order valence-electron chi connectivity index (χ0n) is 11.4. The maximum absolute atomic E-state index is 4.23. The molecule has 0 aromatic carbocycles. The van der Waals surface area contributed by atoms with Gasteiger partial charge in [0, 0.05) is 19.3 Å². The fourth-order valence-corrected chi connectivity index (χ4v) is 3.55. The molecule has 1 atom stereocenters. The Bertz CT molecular complexity index is 506. The summed E-state index contributed by atoms with van der Waals surface area (Å²) in [5, 5.41) is 10.2. The Morgan fingerprint density at radius 2 is 2.37 bits per heavy atom. The molecular formula is C14H20IN3S. The van der Waals surface area contributed by atoms with Crippen LogP contribution in [0, 0.1) is 2.88 Å². The van der Waals surface area contributed by atoms with Gasteiger partial charge in [0.15, 0.2) is 0 Å². The number of nitrogens with one attached hydrogen (secondary N) is 1. The van der Waals surface area contributed by atoms with Crippen LogP contribution in [0.3, 0.4) is 0 Å². The lowest BCUT2D eigenvalue weighted by molar-refractivity contribution is 0.500. The molecule has 3 nitrogen and oxygen atoms in total. The Morgan fingerprint density at radius 3 is 2.95 bits per heavy atom. The van der Waals surface area contributed by atoms with Crippen molar-refractivity contribution in [3.8, 4) is 0 Å². The molecule has 0 aliphatic rings. The Kier molecular flexibility index (Phi) is 5.84. The number of hydrogen-bond acceptors (Lipinski definition) is 3. The highest BCUT2D eigenvalue weighted by atomic mass is 127.